The highest BCUT2D eigenvalue weighted by Crippen LogP contribution is 2.34. The first kappa shape index (κ1) is 11.8. The van der Waals surface area contributed by atoms with Crippen molar-refractivity contribution in [2.45, 2.75) is 19.6 Å². The maximum Gasteiger partial charge on any atom is 0.436 e. The molecule has 4 nitrogen and oxygen atoms in total. The molecular weight excluding hydrogens is 235 g/mol. The van der Waals surface area contributed by atoms with E-state index in [1.54, 1.807) is 6.92 Å². The zero-order chi connectivity index (χ0) is 11.8. The van der Waals surface area contributed by atoms with Crippen molar-refractivity contribution in [1.29, 1.82) is 0 Å². The quantitative estimate of drug-likeness (QED) is 0.856. The zero-order valence-corrected chi connectivity index (χ0v) is 8.35. The van der Waals surface area contributed by atoms with Gasteiger partial charge in [0, 0.05) is 6.54 Å². The van der Waals surface area contributed by atoms with E-state index < -0.39 is 28.5 Å². The number of alkyl halides is 3. The van der Waals surface area contributed by atoms with E-state index in [0.29, 0.717) is 0 Å². The van der Waals surface area contributed by atoms with Crippen molar-refractivity contribution in [3.05, 3.63) is 16.4 Å². The molecule has 1 amide bonds. The van der Waals surface area contributed by atoms with E-state index in [4.69, 9.17) is 17.3 Å². The van der Waals surface area contributed by atoms with Crippen molar-refractivity contribution in [3.8, 4) is 0 Å². The van der Waals surface area contributed by atoms with Gasteiger partial charge in [-0.25, -0.2) is 0 Å². The van der Waals surface area contributed by atoms with Gasteiger partial charge in [-0.1, -0.05) is 11.6 Å². The molecular formula is C7H7ClF3N3O. The van der Waals surface area contributed by atoms with Gasteiger partial charge in [-0.3, -0.25) is 9.48 Å². The molecule has 1 aromatic rings. The third-order valence-electron chi connectivity index (χ3n) is 1.70. The number of hydrogen-bond acceptors (Lipinski definition) is 2. The molecule has 0 fully saturated rings. The van der Waals surface area contributed by atoms with E-state index >= 15 is 0 Å². The molecule has 0 atom stereocenters. The first-order valence-corrected chi connectivity index (χ1v) is 4.30. The van der Waals surface area contributed by atoms with Gasteiger partial charge in [0.15, 0.2) is 5.69 Å². The fourth-order valence-corrected chi connectivity index (χ4v) is 1.41. The molecule has 0 aromatic carbocycles. The molecule has 0 saturated heterocycles. The lowest BCUT2D eigenvalue weighted by molar-refractivity contribution is -0.141. The number of carbonyl (C=O) groups is 1. The number of nitrogens with zero attached hydrogens (tertiary/aromatic N) is 2. The minimum atomic E-state index is -4.74. The first-order valence-electron chi connectivity index (χ1n) is 3.92. The van der Waals surface area contributed by atoms with Crippen LogP contribution < -0.4 is 5.73 Å². The molecule has 0 unspecified atom stereocenters. The number of primary amides is 1. The highest BCUT2D eigenvalue weighted by molar-refractivity contribution is 6.33. The van der Waals surface area contributed by atoms with E-state index in [1.807, 2.05) is 0 Å². The average Bonchev–Trinajstić information content (AvgIpc) is 2.41. The van der Waals surface area contributed by atoms with E-state index in [-0.39, 0.29) is 6.54 Å². The molecule has 1 rings (SSSR count). The Kier molecular flexibility index (Phi) is 2.94. The van der Waals surface area contributed by atoms with Gasteiger partial charge in [0.25, 0.3) is 5.91 Å². The summed E-state index contributed by atoms with van der Waals surface area (Å²) >= 11 is 5.53. The summed E-state index contributed by atoms with van der Waals surface area (Å²) in [4.78, 5) is 10.8. The van der Waals surface area contributed by atoms with E-state index in [2.05, 4.69) is 5.10 Å². The highest BCUT2D eigenvalue weighted by Gasteiger charge is 2.40. The molecule has 0 saturated carbocycles. The van der Waals surface area contributed by atoms with Crippen molar-refractivity contribution < 1.29 is 18.0 Å². The predicted octanol–water partition coefficient (Wildman–Crippen LogP) is 1.67. The molecule has 84 valence electrons. The Balaban J connectivity index is 3.45. The van der Waals surface area contributed by atoms with Gasteiger partial charge in [-0.15, -0.1) is 0 Å². The standard InChI is InChI=1S/C7H7ClF3N3O/c1-2-14-5(8)3(6(12)15)4(13-14)7(9,10)11/h2H2,1H3,(H2,12,15). The maximum absolute atomic E-state index is 12.4. The summed E-state index contributed by atoms with van der Waals surface area (Å²) in [6, 6.07) is 0. The second-order valence-corrected chi connectivity index (χ2v) is 3.05. The Morgan fingerprint density at radius 3 is 2.40 bits per heavy atom. The lowest BCUT2D eigenvalue weighted by atomic mass is 10.2. The highest BCUT2D eigenvalue weighted by atomic mass is 35.5. The van der Waals surface area contributed by atoms with Crippen LogP contribution in [0.4, 0.5) is 13.2 Å². The van der Waals surface area contributed by atoms with Crippen molar-refractivity contribution >= 4 is 17.5 Å². The summed E-state index contributed by atoms with van der Waals surface area (Å²) in [5.41, 5.74) is 2.67. The summed E-state index contributed by atoms with van der Waals surface area (Å²) in [6.45, 7) is 1.67. The summed E-state index contributed by atoms with van der Waals surface area (Å²) in [6.07, 6.45) is -4.74. The Bertz CT molecular complexity index is 399. The van der Waals surface area contributed by atoms with Gasteiger partial charge in [0.2, 0.25) is 0 Å². The lowest BCUT2D eigenvalue weighted by Crippen LogP contribution is -2.18. The Labute approximate surface area is 87.8 Å². The first-order chi connectivity index (χ1) is 6.79. The largest absolute Gasteiger partial charge is 0.436 e. The molecule has 2 N–H and O–H groups in total. The molecule has 1 aromatic heterocycles. The van der Waals surface area contributed by atoms with Gasteiger partial charge >= 0.3 is 6.18 Å². The van der Waals surface area contributed by atoms with Crippen LogP contribution in [0, 0.1) is 0 Å². The molecule has 0 spiro atoms. The Hall–Kier alpha value is -1.24. The number of halogens is 4. The smallest absolute Gasteiger partial charge is 0.365 e. The second kappa shape index (κ2) is 3.73. The van der Waals surface area contributed by atoms with Crippen LogP contribution in [0.15, 0.2) is 0 Å². The van der Waals surface area contributed by atoms with Crippen LogP contribution >= 0.6 is 11.6 Å². The van der Waals surface area contributed by atoms with Crippen LogP contribution in [-0.4, -0.2) is 15.7 Å². The summed E-state index contributed by atoms with van der Waals surface area (Å²) in [5, 5.41) is 2.79. The van der Waals surface area contributed by atoms with Crippen molar-refractivity contribution in [3.63, 3.8) is 0 Å². The van der Waals surface area contributed by atoms with Crippen molar-refractivity contribution in [1.82, 2.24) is 9.78 Å². The summed E-state index contributed by atoms with van der Waals surface area (Å²) < 4.78 is 38.1. The van der Waals surface area contributed by atoms with Crippen LogP contribution in [0.2, 0.25) is 5.15 Å². The van der Waals surface area contributed by atoms with Gasteiger partial charge < -0.3 is 5.73 Å². The fourth-order valence-electron chi connectivity index (χ4n) is 1.07. The monoisotopic (exact) mass is 241 g/mol. The molecule has 0 aliphatic heterocycles. The predicted molar refractivity (Wildman–Crippen MR) is 46.4 cm³/mol. The van der Waals surface area contributed by atoms with Crippen molar-refractivity contribution in [2.75, 3.05) is 0 Å². The lowest BCUT2D eigenvalue weighted by Gasteiger charge is -2.02. The molecule has 8 heteroatoms. The molecule has 0 radical (unpaired) electrons. The fraction of sp³-hybridized carbons (Fsp3) is 0.429. The molecule has 0 aliphatic carbocycles. The average molecular weight is 242 g/mol. The van der Waals surface area contributed by atoms with Gasteiger partial charge in [-0.2, -0.15) is 18.3 Å². The van der Waals surface area contributed by atoms with Crippen LogP contribution in [0.25, 0.3) is 0 Å². The minimum Gasteiger partial charge on any atom is -0.365 e. The van der Waals surface area contributed by atoms with Crippen molar-refractivity contribution in [2.24, 2.45) is 5.73 Å². The summed E-state index contributed by atoms with van der Waals surface area (Å²) in [5.74, 6) is -1.24. The third-order valence-corrected chi connectivity index (χ3v) is 2.09. The third kappa shape index (κ3) is 2.06. The number of carbonyl (C=O) groups excluding carboxylic acids is 1. The topological polar surface area (TPSA) is 60.9 Å². The van der Waals surface area contributed by atoms with Crippen LogP contribution in [0.3, 0.4) is 0 Å². The van der Waals surface area contributed by atoms with Gasteiger partial charge in [-0.05, 0) is 6.92 Å². The number of amides is 1. The number of nitrogens with two attached hydrogens (primary N) is 1. The summed E-state index contributed by atoms with van der Waals surface area (Å²) in [7, 11) is 0. The van der Waals surface area contributed by atoms with E-state index in [9.17, 15) is 18.0 Å². The van der Waals surface area contributed by atoms with Crippen LogP contribution in [0.1, 0.15) is 23.0 Å². The van der Waals surface area contributed by atoms with Gasteiger partial charge in [0.05, 0.1) is 0 Å². The molecule has 15 heavy (non-hydrogen) atoms. The van der Waals surface area contributed by atoms with E-state index in [0.717, 1.165) is 4.68 Å². The zero-order valence-electron chi connectivity index (χ0n) is 7.60. The maximum atomic E-state index is 12.4. The number of aromatic nitrogens is 2. The van der Waals surface area contributed by atoms with Crippen LogP contribution in [0.5, 0.6) is 0 Å². The Morgan fingerprint density at radius 2 is 2.13 bits per heavy atom. The SMILES string of the molecule is CCn1nc(C(F)(F)F)c(C(N)=O)c1Cl. The molecule has 0 aliphatic rings. The Morgan fingerprint density at radius 1 is 1.60 bits per heavy atom. The minimum absolute atomic E-state index is 0.120. The number of hydrogen-bond donors (Lipinski definition) is 1. The van der Waals surface area contributed by atoms with Gasteiger partial charge in [0.1, 0.15) is 10.7 Å². The number of aryl methyl sites for hydroxylation is 1. The molecule has 1 heterocycles. The molecule has 0 bridgehead atoms. The second-order valence-electron chi connectivity index (χ2n) is 2.69. The van der Waals surface area contributed by atoms with E-state index in [1.165, 1.54) is 0 Å². The van der Waals surface area contributed by atoms with Crippen LogP contribution in [-0.2, 0) is 12.7 Å². The number of rotatable bonds is 2. The normalized spacial score (nSPS) is 11.8.